The highest BCUT2D eigenvalue weighted by Crippen LogP contribution is 2.24. The van der Waals surface area contributed by atoms with Crippen molar-refractivity contribution in [3.8, 4) is 6.07 Å². The van der Waals surface area contributed by atoms with E-state index in [1.54, 1.807) is 0 Å². The van der Waals surface area contributed by atoms with Crippen LogP contribution < -0.4 is 5.32 Å². The van der Waals surface area contributed by atoms with E-state index >= 15 is 0 Å². The number of nitriles is 1. The van der Waals surface area contributed by atoms with E-state index in [2.05, 4.69) is 30.1 Å². The Bertz CT molecular complexity index is 259. The van der Waals surface area contributed by atoms with Gasteiger partial charge in [0.15, 0.2) is 0 Å². The van der Waals surface area contributed by atoms with Crippen LogP contribution in [0.1, 0.15) is 58.8 Å². The van der Waals surface area contributed by atoms with Gasteiger partial charge in [-0.2, -0.15) is 5.26 Å². The molecule has 1 rings (SSSR count). The Morgan fingerprint density at radius 1 is 1.33 bits per heavy atom. The molecule has 1 N–H and O–H groups in total. The minimum atomic E-state index is -0.310. The standard InChI is InChI=1S/C15H29N3/c1-4-15(13-16,17-3)11-8-12-18(5-2)14-9-6-7-10-14/h14,17H,4-12H2,1-3H3. The summed E-state index contributed by atoms with van der Waals surface area (Å²) in [5, 5.41) is 12.5. The second-order valence-electron chi connectivity index (χ2n) is 5.47. The van der Waals surface area contributed by atoms with Gasteiger partial charge in [0.1, 0.15) is 5.54 Å². The molecule has 0 aromatic heterocycles. The molecule has 0 heterocycles. The topological polar surface area (TPSA) is 39.1 Å². The molecule has 18 heavy (non-hydrogen) atoms. The molecule has 1 atom stereocenters. The Labute approximate surface area is 113 Å². The molecule has 1 unspecified atom stereocenters. The Morgan fingerprint density at radius 3 is 2.44 bits per heavy atom. The first-order chi connectivity index (χ1) is 8.71. The zero-order chi connectivity index (χ0) is 13.4. The first kappa shape index (κ1) is 15.5. The van der Waals surface area contributed by atoms with Crippen LogP contribution in [-0.2, 0) is 0 Å². The van der Waals surface area contributed by atoms with Gasteiger partial charge in [-0.25, -0.2) is 0 Å². The number of hydrogen-bond donors (Lipinski definition) is 1. The molecule has 0 saturated heterocycles. The molecule has 0 radical (unpaired) electrons. The molecule has 1 aliphatic rings. The first-order valence-corrected chi connectivity index (χ1v) is 7.55. The average Bonchev–Trinajstić information content (AvgIpc) is 2.94. The molecule has 3 heteroatoms. The molecule has 0 spiro atoms. The molecule has 1 saturated carbocycles. The fourth-order valence-electron chi connectivity index (χ4n) is 3.12. The Morgan fingerprint density at radius 2 is 2.00 bits per heavy atom. The van der Waals surface area contributed by atoms with Gasteiger partial charge in [0, 0.05) is 6.04 Å². The first-order valence-electron chi connectivity index (χ1n) is 7.55. The lowest BCUT2D eigenvalue weighted by molar-refractivity contribution is 0.198. The van der Waals surface area contributed by atoms with Crippen LogP contribution in [0.15, 0.2) is 0 Å². The van der Waals surface area contributed by atoms with E-state index in [1.165, 1.54) is 25.7 Å². The van der Waals surface area contributed by atoms with Crippen molar-refractivity contribution < 1.29 is 0 Å². The summed E-state index contributed by atoms with van der Waals surface area (Å²) in [6, 6.07) is 3.25. The van der Waals surface area contributed by atoms with Gasteiger partial charge in [-0.15, -0.1) is 0 Å². The van der Waals surface area contributed by atoms with Crippen LogP contribution >= 0.6 is 0 Å². The molecule has 0 aliphatic heterocycles. The molecule has 1 aliphatic carbocycles. The van der Waals surface area contributed by atoms with Crippen LogP contribution in [0.25, 0.3) is 0 Å². The number of nitrogens with zero attached hydrogens (tertiary/aromatic N) is 2. The van der Waals surface area contributed by atoms with E-state index < -0.39 is 0 Å². The maximum atomic E-state index is 9.28. The fourth-order valence-corrected chi connectivity index (χ4v) is 3.12. The van der Waals surface area contributed by atoms with E-state index in [9.17, 15) is 5.26 Å². The molecule has 104 valence electrons. The molecule has 3 nitrogen and oxygen atoms in total. The molecule has 0 aromatic carbocycles. The highest BCUT2D eigenvalue weighted by atomic mass is 15.1. The monoisotopic (exact) mass is 251 g/mol. The van der Waals surface area contributed by atoms with Crippen molar-refractivity contribution in [1.29, 1.82) is 5.26 Å². The zero-order valence-electron chi connectivity index (χ0n) is 12.3. The Kier molecular flexibility index (Phi) is 6.67. The second kappa shape index (κ2) is 7.76. The third kappa shape index (κ3) is 3.96. The van der Waals surface area contributed by atoms with Crippen LogP contribution in [0.2, 0.25) is 0 Å². The summed E-state index contributed by atoms with van der Waals surface area (Å²) in [6.07, 6.45) is 8.50. The van der Waals surface area contributed by atoms with Gasteiger partial charge in [-0.1, -0.05) is 26.7 Å². The second-order valence-corrected chi connectivity index (χ2v) is 5.47. The Hall–Kier alpha value is -0.590. The van der Waals surface area contributed by atoms with Crippen molar-refractivity contribution >= 4 is 0 Å². The number of rotatable bonds is 8. The van der Waals surface area contributed by atoms with E-state index in [0.29, 0.717) is 0 Å². The minimum absolute atomic E-state index is 0.310. The molecular formula is C15H29N3. The van der Waals surface area contributed by atoms with Gasteiger partial charge < -0.3 is 10.2 Å². The summed E-state index contributed by atoms with van der Waals surface area (Å²) in [7, 11) is 1.90. The van der Waals surface area contributed by atoms with E-state index in [1.807, 2.05) is 7.05 Å². The van der Waals surface area contributed by atoms with Gasteiger partial charge in [0.2, 0.25) is 0 Å². The number of hydrogen-bond acceptors (Lipinski definition) is 3. The predicted octanol–water partition coefficient (Wildman–Crippen LogP) is 2.92. The molecular weight excluding hydrogens is 222 g/mol. The summed E-state index contributed by atoms with van der Waals surface area (Å²) >= 11 is 0. The lowest BCUT2D eigenvalue weighted by Crippen LogP contribution is -2.42. The third-order valence-corrected chi connectivity index (χ3v) is 4.59. The summed E-state index contributed by atoms with van der Waals surface area (Å²) < 4.78 is 0. The van der Waals surface area contributed by atoms with E-state index in [0.717, 1.165) is 38.4 Å². The maximum Gasteiger partial charge on any atom is 0.106 e. The smallest absolute Gasteiger partial charge is 0.106 e. The van der Waals surface area contributed by atoms with Crippen LogP contribution in [0.4, 0.5) is 0 Å². The highest BCUT2D eigenvalue weighted by molar-refractivity contribution is 5.05. The van der Waals surface area contributed by atoms with Crippen molar-refractivity contribution in [3.05, 3.63) is 0 Å². The lowest BCUT2D eigenvalue weighted by Gasteiger charge is -2.30. The summed E-state index contributed by atoms with van der Waals surface area (Å²) in [6.45, 7) is 6.64. The highest BCUT2D eigenvalue weighted by Gasteiger charge is 2.26. The molecule has 0 bridgehead atoms. The van der Waals surface area contributed by atoms with Gasteiger partial charge in [0.25, 0.3) is 0 Å². The van der Waals surface area contributed by atoms with Gasteiger partial charge in [-0.05, 0) is 52.2 Å². The van der Waals surface area contributed by atoms with Crippen LogP contribution in [0.5, 0.6) is 0 Å². The van der Waals surface area contributed by atoms with Crippen molar-refractivity contribution in [3.63, 3.8) is 0 Å². The van der Waals surface area contributed by atoms with Crippen LogP contribution in [0.3, 0.4) is 0 Å². The largest absolute Gasteiger partial charge is 0.302 e. The fraction of sp³-hybridized carbons (Fsp3) is 0.933. The van der Waals surface area contributed by atoms with Crippen LogP contribution in [-0.4, -0.2) is 36.6 Å². The van der Waals surface area contributed by atoms with Crippen molar-refractivity contribution in [1.82, 2.24) is 10.2 Å². The van der Waals surface area contributed by atoms with Gasteiger partial charge in [0.05, 0.1) is 6.07 Å². The number of nitrogens with one attached hydrogen (secondary N) is 1. The third-order valence-electron chi connectivity index (χ3n) is 4.59. The van der Waals surface area contributed by atoms with Crippen molar-refractivity contribution in [2.24, 2.45) is 0 Å². The normalized spacial score (nSPS) is 19.9. The van der Waals surface area contributed by atoms with Crippen molar-refractivity contribution in [2.75, 3.05) is 20.1 Å². The van der Waals surface area contributed by atoms with Gasteiger partial charge in [-0.3, -0.25) is 0 Å². The van der Waals surface area contributed by atoms with Gasteiger partial charge >= 0.3 is 0 Å². The zero-order valence-corrected chi connectivity index (χ0v) is 12.3. The molecule has 1 fully saturated rings. The van der Waals surface area contributed by atoms with Crippen LogP contribution in [0, 0.1) is 11.3 Å². The summed E-state index contributed by atoms with van der Waals surface area (Å²) in [5.74, 6) is 0. The van der Waals surface area contributed by atoms with E-state index in [-0.39, 0.29) is 5.54 Å². The minimum Gasteiger partial charge on any atom is -0.302 e. The van der Waals surface area contributed by atoms with Crippen molar-refractivity contribution in [2.45, 2.75) is 70.4 Å². The molecule has 0 aromatic rings. The summed E-state index contributed by atoms with van der Waals surface area (Å²) in [4.78, 5) is 2.61. The quantitative estimate of drug-likeness (QED) is 0.721. The van der Waals surface area contributed by atoms with E-state index in [4.69, 9.17) is 0 Å². The molecule has 0 amide bonds. The Balaban J connectivity index is 2.36. The SMILES string of the molecule is CCN(CCCC(C#N)(CC)NC)C1CCCC1. The maximum absolute atomic E-state index is 9.28. The summed E-state index contributed by atoms with van der Waals surface area (Å²) in [5.41, 5.74) is -0.310. The average molecular weight is 251 g/mol. The predicted molar refractivity (Wildman–Crippen MR) is 76.4 cm³/mol. The lowest BCUT2D eigenvalue weighted by atomic mass is 9.92.